The average molecular weight is 138 g/mol. The fourth-order valence-corrected chi connectivity index (χ4v) is 0.721. The Bertz CT molecular complexity index is 258. The van der Waals surface area contributed by atoms with Crippen LogP contribution in [0.2, 0.25) is 0 Å². The minimum atomic E-state index is -0.488. The van der Waals surface area contributed by atoms with Crippen LogP contribution in [0.5, 0.6) is 0 Å². The molecule has 52 valence electrons. The van der Waals surface area contributed by atoms with Crippen LogP contribution in [-0.2, 0) is 0 Å². The molecule has 3 heteroatoms. The van der Waals surface area contributed by atoms with Gasteiger partial charge in [0.05, 0.1) is 5.56 Å². The fraction of sp³-hybridized carbons (Fsp3) is 0. The summed E-state index contributed by atoms with van der Waals surface area (Å²) in [6, 6.07) is 6.70. The molecule has 1 rings (SSSR count). The number of carbonyl (C=O) groups excluding carboxylic acids is 1. The predicted molar refractivity (Wildman–Crippen MR) is 39.4 cm³/mol. The number of hydrogen-bond donors (Lipinski definition) is 2. The van der Waals surface area contributed by atoms with Crippen LogP contribution in [-0.4, -0.2) is 5.91 Å². The van der Waals surface area contributed by atoms with Gasteiger partial charge < -0.3 is 11.5 Å². The van der Waals surface area contributed by atoms with Crippen molar-refractivity contribution < 1.29 is 4.79 Å². The van der Waals surface area contributed by atoms with E-state index in [0.717, 1.165) is 0 Å². The van der Waals surface area contributed by atoms with Crippen molar-refractivity contribution in [3.05, 3.63) is 29.8 Å². The monoisotopic (exact) mass is 138 g/mol. The van der Waals surface area contributed by atoms with Crippen LogP contribution in [0.4, 0.5) is 5.69 Å². The van der Waals surface area contributed by atoms with Crippen LogP contribution in [0.3, 0.4) is 0 Å². The Labute approximate surface area is 58.6 Å². The van der Waals surface area contributed by atoms with E-state index in [9.17, 15) is 4.79 Å². The molecule has 0 saturated carbocycles. The Kier molecular flexibility index (Phi) is 1.58. The van der Waals surface area contributed by atoms with Crippen molar-refractivity contribution in [2.75, 3.05) is 5.73 Å². The van der Waals surface area contributed by atoms with E-state index >= 15 is 0 Å². The lowest BCUT2D eigenvalue weighted by molar-refractivity contribution is 0.100. The normalized spacial score (nSPS) is 9.20. The molecular weight excluding hydrogens is 130 g/mol. The van der Waals surface area contributed by atoms with Crippen LogP contribution < -0.4 is 11.5 Å². The van der Waals surface area contributed by atoms with Crippen molar-refractivity contribution in [1.82, 2.24) is 0 Å². The second-order valence-electron chi connectivity index (χ2n) is 1.95. The first-order chi connectivity index (χ1) is 4.72. The standard InChI is InChI=1S/C7H8N2O/c8-6-4-2-1-3-5(6)7(9)10/h1-4H,8H2,(H2,9,10)/i7+2. The van der Waals surface area contributed by atoms with E-state index in [1.807, 2.05) is 0 Å². The molecule has 0 aliphatic carbocycles. The van der Waals surface area contributed by atoms with E-state index in [-0.39, 0.29) is 0 Å². The van der Waals surface area contributed by atoms with Gasteiger partial charge in [-0.3, -0.25) is 4.79 Å². The van der Waals surface area contributed by atoms with Gasteiger partial charge in [0.2, 0.25) is 0 Å². The molecule has 0 bridgehead atoms. The molecule has 1 aromatic rings. The topological polar surface area (TPSA) is 69.1 Å². The van der Waals surface area contributed by atoms with Crippen molar-refractivity contribution in [3.8, 4) is 0 Å². The number of amides is 1. The third kappa shape index (κ3) is 1.07. The van der Waals surface area contributed by atoms with Gasteiger partial charge in [-0.15, -0.1) is 0 Å². The van der Waals surface area contributed by atoms with Gasteiger partial charge >= 0.3 is 0 Å². The Morgan fingerprint density at radius 3 is 2.30 bits per heavy atom. The molecule has 0 aromatic heterocycles. The summed E-state index contributed by atoms with van der Waals surface area (Å²) in [6.07, 6.45) is 0. The number of hydrogen-bond acceptors (Lipinski definition) is 2. The van der Waals surface area contributed by atoms with Crippen molar-refractivity contribution in [3.63, 3.8) is 0 Å². The number of anilines is 1. The van der Waals surface area contributed by atoms with Gasteiger partial charge in [-0.1, -0.05) is 12.1 Å². The number of primary amides is 1. The summed E-state index contributed by atoms with van der Waals surface area (Å²) in [5.41, 5.74) is 11.2. The summed E-state index contributed by atoms with van der Waals surface area (Å²) in [5, 5.41) is 0. The number of nitrogens with two attached hydrogens (primary N) is 2. The number of benzene rings is 1. The third-order valence-electron chi connectivity index (χ3n) is 1.23. The smallest absolute Gasteiger partial charge is 0.250 e. The van der Waals surface area contributed by atoms with Crippen LogP contribution in [0.1, 0.15) is 10.4 Å². The molecule has 10 heavy (non-hydrogen) atoms. The van der Waals surface area contributed by atoms with E-state index in [1.54, 1.807) is 24.3 Å². The lowest BCUT2D eigenvalue weighted by Crippen LogP contribution is -2.12. The Hall–Kier alpha value is -1.51. The number of nitrogen functional groups attached to an aromatic ring is 1. The predicted octanol–water partition coefficient (Wildman–Crippen LogP) is 0.368. The maximum atomic E-state index is 10.6. The molecule has 0 unspecified atom stereocenters. The zero-order valence-electron chi connectivity index (χ0n) is 5.37. The van der Waals surface area contributed by atoms with Gasteiger partial charge in [-0.05, 0) is 12.1 Å². The highest BCUT2D eigenvalue weighted by Crippen LogP contribution is 2.08. The summed E-state index contributed by atoms with van der Waals surface area (Å²) in [4.78, 5) is 10.6. The summed E-state index contributed by atoms with van der Waals surface area (Å²) in [6.45, 7) is 0. The molecule has 0 spiro atoms. The van der Waals surface area contributed by atoms with Crippen LogP contribution in [0, 0.1) is 0 Å². The molecule has 0 aliphatic heterocycles. The highest BCUT2D eigenvalue weighted by Gasteiger charge is 2.01. The lowest BCUT2D eigenvalue weighted by atomic mass is 10.3. The molecule has 0 saturated heterocycles. The summed E-state index contributed by atoms with van der Waals surface area (Å²) < 4.78 is 0. The molecule has 1 aromatic carbocycles. The van der Waals surface area contributed by atoms with Gasteiger partial charge in [0.15, 0.2) is 0 Å². The lowest BCUT2D eigenvalue weighted by Gasteiger charge is -1.97. The van der Waals surface area contributed by atoms with E-state index < -0.39 is 5.91 Å². The van der Waals surface area contributed by atoms with E-state index in [0.29, 0.717) is 11.3 Å². The number of para-hydroxylation sites is 1. The van der Waals surface area contributed by atoms with Crippen LogP contribution in [0.25, 0.3) is 0 Å². The minimum Gasteiger partial charge on any atom is -0.398 e. The molecule has 0 aliphatic rings. The van der Waals surface area contributed by atoms with Gasteiger partial charge in [-0.25, -0.2) is 0 Å². The highest BCUT2D eigenvalue weighted by molar-refractivity contribution is 5.97. The van der Waals surface area contributed by atoms with Gasteiger partial charge in [0, 0.05) is 5.69 Å². The van der Waals surface area contributed by atoms with E-state index in [4.69, 9.17) is 11.5 Å². The zero-order chi connectivity index (χ0) is 7.56. The molecule has 0 heterocycles. The Morgan fingerprint density at radius 1 is 1.30 bits per heavy atom. The minimum absolute atomic E-state index is 0.377. The van der Waals surface area contributed by atoms with Crippen LogP contribution in [0.15, 0.2) is 24.3 Å². The molecule has 0 radical (unpaired) electrons. The molecule has 4 N–H and O–H groups in total. The second kappa shape index (κ2) is 2.39. The van der Waals surface area contributed by atoms with E-state index in [1.165, 1.54) is 0 Å². The molecule has 3 nitrogen and oxygen atoms in total. The van der Waals surface area contributed by atoms with Crippen molar-refractivity contribution in [2.24, 2.45) is 5.73 Å². The fourth-order valence-electron chi connectivity index (χ4n) is 0.721. The Morgan fingerprint density at radius 2 is 1.90 bits per heavy atom. The summed E-state index contributed by atoms with van der Waals surface area (Å²) in [5.74, 6) is -0.488. The van der Waals surface area contributed by atoms with Crippen molar-refractivity contribution >= 4 is 11.6 Å². The maximum Gasteiger partial charge on any atom is 0.250 e. The number of carbonyl (C=O) groups is 1. The second-order valence-corrected chi connectivity index (χ2v) is 1.95. The van der Waals surface area contributed by atoms with Crippen molar-refractivity contribution in [2.45, 2.75) is 0 Å². The first-order valence-corrected chi connectivity index (χ1v) is 2.86. The van der Waals surface area contributed by atoms with Crippen molar-refractivity contribution in [1.29, 1.82) is 0 Å². The Balaban J connectivity index is 3.15. The molecule has 1 amide bonds. The third-order valence-corrected chi connectivity index (χ3v) is 1.23. The highest BCUT2D eigenvalue weighted by atomic mass is 16.3. The number of rotatable bonds is 1. The zero-order valence-corrected chi connectivity index (χ0v) is 5.37. The van der Waals surface area contributed by atoms with E-state index in [2.05, 4.69) is 0 Å². The summed E-state index contributed by atoms with van der Waals surface area (Å²) >= 11 is 0. The van der Waals surface area contributed by atoms with Gasteiger partial charge in [-0.2, -0.15) is 0 Å². The average Bonchev–Trinajstić information content (AvgIpc) is 1.88. The molecular formula is C7H8N2O. The maximum absolute atomic E-state index is 10.6. The van der Waals surface area contributed by atoms with Gasteiger partial charge in [0.25, 0.3) is 5.91 Å². The van der Waals surface area contributed by atoms with Gasteiger partial charge in [0.1, 0.15) is 0 Å². The molecule has 0 atom stereocenters. The first kappa shape index (κ1) is 6.61. The van der Waals surface area contributed by atoms with Crippen LogP contribution >= 0.6 is 0 Å². The largest absolute Gasteiger partial charge is 0.398 e. The summed E-state index contributed by atoms with van der Waals surface area (Å²) in [7, 11) is 0. The SMILES string of the molecule is Nc1ccccc1[14C](N)=O. The molecule has 0 fully saturated rings. The quantitative estimate of drug-likeness (QED) is 0.550. The first-order valence-electron chi connectivity index (χ1n) is 2.86.